The number of nitro benzene ring substituents is 1. The second-order valence-corrected chi connectivity index (χ2v) is 6.16. The van der Waals surface area contributed by atoms with E-state index in [2.05, 4.69) is 5.32 Å². The lowest BCUT2D eigenvalue weighted by molar-refractivity contribution is -0.384. The fraction of sp³-hybridized carbons (Fsp3) is 0.176. The third-order valence-electron chi connectivity index (χ3n) is 3.47. The van der Waals surface area contributed by atoms with Crippen molar-refractivity contribution in [3.63, 3.8) is 0 Å². The van der Waals surface area contributed by atoms with Crippen molar-refractivity contribution in [2.75, 3.05) is 19.0 Å². The molecular formula is C17H14Cl2N2O6. The zero-order valence-corrected chi connectivity index (χ0v) is 15.8. The zero-order valence-electron chi connectivity index (χ0n) is 14.2. The number of amides is 1. The molecule has 0 saturated carbocycles. The Hall–Kier alpha value is -2.84. The summed E-state index contributed by atoms with van der Waals surface area (Å²) in [5.41, 5.74) is 0.552. The minimum atomic E-state index is -0.899. The number of rotatable bonds is 6. The Labute approximate surface area is 164 Å². The number of anilines is 1. The normalized spacial score (nSPS) is 10.2. The van der Waals surface area contributed by atoms with Crippen LogP contribution in [0.5, 0.6) is 5.75 Å². The molecule has 0 unspecified atom stereocenters. The Morgan fingerprint density at radius 1 is 1.19 bits per heavy atom. The number of ether oxygens (including phenoxy) is 2. The van der Waals surface area contributed by atoms with E-state index >= 15 is 0 Å². The van der Waals surface area contributed by atoms with Gasteiger partial charge in [0.25, 0.3) is 11.6 Å². The van der Waals surface area contributed by atoms with E-state index in [1.165, 1.54) is 19.2 Å². The van der Waals surface area contributed by atoms with E-state index in [9.17, 15) is 19.7 Å². The van der Waals surface area contributed by atoms with Crippen molar-refractivity contribution in [2.45, 2.75) is 6.92 Å². The summed E-state index contributed by atoms with van der Waals surface area (Å²) in [4.78, 5) is 34.2. The number of hydrogen-bond donors (Lipinski definition) is 1. The van der Waals surface area contributed by atoms with Gasteiger partial charge in [-0.3, -0.25) is 14.9 Å². The molecule has 0 bridgehead atoms. The number of carbonyl (C=O) groups is 2. The third-order valence-corrected chi connectivity index (χ3v) is 4.19. The predicted molar refractivity (Wildman–Crippen MR) is 99.8 cm³/mol. The van der Waals surface area contributed by atoms with Gasteiger partial charge in [-0.05, 0) is 30.7 Å². The van der Waals surface area contributed by atoms with Crippen LogP contribution in [-0.2, 0) is 9.53 Å². The van der Waals surface area contributed by atoms with Crippen molar-refractivity contribution in [1.29, 1.82) is 0 Å². The molecule has 1 amide bonds. The number of methoxy groups -OCH3 is 1. The van der Waals surface area contributed by atoms with E-state index in [-0.39, 0.29) is 10.6 Å². The van der Waals surface area contributed by atoms with Gasteiger partial charge in [-0.25, -0.2) is 4.79 Å². The highest BCUT2D eigenvalue weighted by atomic mass is 35.5. The van der Waals surface area contributed by atoms with Crippen LogP contribution in [0, 0.1) is 17.0 Å². The fourth-order valence-corrected chi connectivity index (χ4v) is 2.45. The van der Waals surface area contributed by atoms with Crippen LogP contribution in [0.3, 0.4) is 0 Å². The van der Waals surface area contributed by atoms with Crippen LogP contribution in [0.2, 0.25) is 10.0 Å². The van der Waals surface area contributed by atoms with E-state index in [1.54, 1.807) is 19.1 Å². The molecule has 1 N–H and O–H groups in total. The number of nitrogens with zero attached hydrogens (tertiary/aromatic N) is 1. The molecule has 0 aliphatic carbocycles. The van der Waals surface area contributed by atoms with Crippen LogP contribution in [0.25, 0.3) is 0 Å². The number of nitro groups is 1. The molecule has 0 radical (unpaired) electrons. The van der Waals surface area contributed by atoms with Crippen LogP contribution in [-0.4, -0.2) is 30.5 Å². The van der Waals surface area contributed by atoms with Crippen LogP contribution >= 0.6 is 23.2 Å². The van der Waals surface area contributed by atoms with Gasteiger partial charge >= 0.3 is 5.97 Å². The van der Waals surface area contributed by atoms with E-state index in [4.69, 9.17) is 32.7 Å². The molecule has 10 heteroatoms. The second kappa shape index (κ2) is 8.70. The summed E-state index contributed by atoms with van der Waals surface area (Å²) < 4.78 is 10.0. The highest BCUT2D eigenvalue weighted by Gasteiger charge is 2.18. The summed E-state index contributed by atoms with van der Waals surface area (Å²) in [6.45, 7) is 1.16. The summed E-state index contributed by atoms with van der Waals surface area (Å²) in [6, 6.07) is 6.61. The van der Waals surface area contributed by atoms with Gasteiger partial charge in [-0.2, -0.15) is 0 Å². The molecule has 27 heavy (non-hydrogen) atoms. The van der Waals surface area contributed by atoms with Gasteiger partial charge in [-0.15, -0.1) is 0 Å². The van der Waals surface area contributed by atoms with Crippen LogP contribution in [0.4, 0.5) is 11.4 Å². The van der Waals surface area contributed by atoms with Crippen molar-refractivity contribution in [2.24, 2.45) is 0 Å². The monoisotopic (exact) mass is 412 g/mol. The summed E-state index contributed by atoms with van der Waals surface area (Å²) in [5, 5.41) is 13.8. The Balaban J connectivity index is 2.04. The largest absolute Gasteiger partial charge is 0.495 e. The molecule has 0 heterocycles. The second-order valence-electron chi connectivity index (χ2n) is 5.35. The van der Waals surface area contributed by atoms with Gasteiger partial charge in [0.2, 0.25) is 0 Å². The Morgan fingerprint density at radius 3 is 2.52 bits per heavy atom. The minimum absolute atomic E-state index is 0.0983. The number of hydrogen-bond acceptors (Lipinski definition) is 6. The molecule has 0 aliphatic heterocycles. The average molecular weight is 413 g/mol. The average Bonchev–Trinajstić information content (AvgIpc) is 2.62. The SMILES string of the molecule is COc1cc(Cl)c(C)cc1NC(=O)COC(=O)c1ccc(Cl)c([N+](=O)[O-])c1. The van der Waals surface area contributed by atoms with E-state index < -0.39 is 29.1 Å². The molecule has 2 aromatic carbocycles. The van der Waals surface area contributed by atoms with Crippen molar-refractivity contribution < 1.29 is 24.0 Å². The molecule has 142 valence electrons. The first-order chi connectivity index (χ1) is 12.7. The lowest BCUT2D eigenvalue weighted by atomic mass is 10.2. The van der Waals surface area contributed by atoms with Crippen molar-refractivity contribution in [3.05, 3.63) is 61.6 Å². The highest BCUT2D eigenvalue weighted by Crippen LogP contribution is 2.31. The molecule has 0 fully saturated rings. The molecule has 2 rings (SSSR count). The van der Waals surface area contributed by atoms with Crippen LogP contribution in [0.1, 0.15) is 15.9 Å². The lowest BCUT2D eigenvalue weighted by Gasteiger charge is -2.12. The molecule has 0 aromatic heterocycles. The lowest BCUT2D eigenvalue weighted by Crippen LogP contribution is -2.21. The van der Waals surface area contributed by atoms with Crippen molar-refractivity contribution >= 4 is 46.5 Å². The van der Waals surface area contributed by atoms with Gasteiger partial charge in [0.15, 0.2) is 6.61 Å². The minimum Gasteiger partial charge on any atom is -0.495 e. The number of aryl methyl sites for hydroxylation is 1. The topological polar surface area (TPSA) is 108 Å². The first-order valence-corrected chi connectivity index (χ1v) is 8.23. The Morgan fingerprint density at radius 2 is 1.89 bits per heavy atom. The number of benzene rings is 2. The van der Waals surface area contributed by atoms with Crippen LogP contribution in [0.15, 0.2) is 30.3 Å². The fourth-order valence-electron chi connectivity index (χ4n) is 2.11. The standard InChI is InChI=1S/C17H14Cl2N2O6/c1-9-5-13(15(26-2)7-12(9)19)20-16(22)8-27-17(23)10-3-4-11(18)14(6-10)21(24)25/h3-7H,8H2,1-2H3,(H,20,22). The molecule has 0 atom stereocenters. The third kappa shape index (κ3) is 5.08. The molecular weight excluding hydrogens is 399 g/mol. The van der Waals surface area contributed by atoms with Crippen LogP contribution < -0.4 is 10.1 Å². The maximum absolute atomic E-state index is 12.0. The maximum Gasteiger partial charge on any atom is 0.338 e. The van der Waals surface area contributed by atoms with Gasteiger partial charge < -0.3 is 14.8 Å². The van der Waals surface area contributed by atoms with E-state index in [0.717, 1.165) is 11.6 Å². The van der Waals surface area contributed by atoms with Gasteiger partial charge in [-0.1, -0.05) is 23.2 Å². The Bertz CT molecular complexity index is 917. The number of carbonyl (C=O) groups excluding carboxylic acids is 2. The summed E-state index contributed by atoms with van der Waals surface area (Å²) in [6.07, 6.45) is 0. The number of nitrogens with one attached hydrogen (secondary N) is 1. The van der Waals surface area contributed by atoms with E-state index in [0.29, 0.717) is 16.5 Å². The molecule has 0 saturated heterocycles. The van der Waals surface area contributed by atoms with Gasteiger partial charge in [0.05, 0.1) is 23.3 Å². The first kappa shape index (κ1) is 20.5. The van der Waals surface area contributed by atoms with E-state index in [1.807, 2.05) is 0 Å². The number of halogens is 2. The van der Waals surface area contributed by atoms with Crippen molar-refractivity contribution in [1.82, 2.24) is 0 Å². The zero-order chi connectivity index (χ0) is 20.1. The molecule has 2 aromatic rings. The molecule has 0 spiro atoms. The Kier molecular flexibility index (Phi) is 6.59. The summed E-state index contributed by atoms with van der Waals surface area (Å²) in [7, 11) is 1.42. The van der Waals surface area contributed by atoms with Gasteiger partial charge in [0.1, 0.15) is 10.8 Å². The molecule has 0 aliphatic rings. The molecule has 8 nitrogen and oxygen atoms in total. The first-order valence-electron chi connectivity index (χ1n) is 7.48. The predicted octanol–water partition coefficient (Wildman–Crippen LogP) is 4.01. The quantitative estimate of drug-likeness (QED) is 0.436. The summed E-state index contributed by atoms with van der Waals surface area (Å²) >= 11 is 11.7. The number of esters is 1. The summed E-state index contributed by atoms with van der Waals surface area (Å²) in [5.74, 6) is -1.17. The van der Waals surface area contributed by atoms with Gasteiger partial charge in [0, 0.05) is 17.2 Å². The maximum atomic E-state index is 12.0. The van der Waals surface area contributed by atoms with Crippen molar-refractivity contribution in [3.8, 4) is 5.75 Å². The highest BCUT2D eigenvalue weighted by molar-refractivity contribution is 6.32. The smallest absolute Gasteiger partial charge is 0.338 e.